The van der Waals surface area contributed by atoms with Gasteiger partial charge in [-0.05, 0) is 42.0 Å². The van der Waals surface area contributed by atoms with Crippen LogP contribution >= 0.6 is 11.3 Å². The zero-order valence-electron chi connectivity index (χ0n) is 15.6. The van der Waals surface area contributed by atoms with E-state index in [1.54, 1.807) is 41.9 Å². The third-order valence-corrected chi connectivity index (χ3v) is 6.45. The molecule has 8 nitrogen and oxygen atoms in total. The molecule has 0 radical (unpaired) electrons. The van der Waals surface area contributed by atoms with E-state index >= 15 is 0 Å². The number of sulfonamides is 1. The Kier molecular flexibility index (Phi) is 5.48. The lowest BCUT2D eigenvalue weighted by Gasteiger charge is -2.33. The highest BCUT2D eigenvalue weighted by Crippen LogP contribution is 2.30. The zero-order valence-corrected chi connectivity index (χ0v) is 17.2. The molecule has 1 aliphatic rings. The summed E-state index contributed by atoms with van der Waals surface area (Å²) in [5, 5.41) is 11.0. The molecule has 3 aromatic rings. The molecule has 1 aromatic carbocycles. The second kappa shape index (κ2) is 8.05. The fourth-order valence-corrected chi connectivity index (χ4v) is 5.00. The Balaban J connectivity index is 1.47. The molecular formula is C19H21N5O3S2. The van der Waals surface area contributed by atoms with E-state index < -0.39 is 10.0 Å². The number of anilines is 2. The quantitative estimate of drug-likeness (QED) is 0.640. The number of hydrogen-bond acceptors (Lipinski definition) is 7. The van der Waals surface area contributed by atoms with Crippen molar-refractivity contribution in [3.8, 4) is 0 Å². The summed E-state index contributed by atoms with van der Waals surface area (Å²) in [5.41, 5.74) is 1.10. The molecule has 10 heteroatoms. The average molecular weight is 432 g/mol. The van der Waals surface area contributed by atoms with Crippen LogP contribution in [-0.4, -0.2) is 37.4 Å². The van der Waals surface area contributed by atoms with Crippen molar-refractivity contribution < 1.29 is 13.2 Å². The zero-order chi connectivity index (χ0) is 20.4. The Morgan fingerprint density at radius 2 is 2.17 bits per heavy atom. The van der Waals surface area contributed by atoms with Crippen LogP contribution in [0, 0.1) is 5.92 Å². The van der Waals surface area contributed by atoms with E-state index in [4.69, 9.17) is 5.14 Å². The molecule has 0 saturated carbocycles. The van der Waals surface area contributed by atoms with Crippen LogP contribution in [0.2, 0.25) is 0 Å². The topological polar surface area (TPSA) is 118 Å². The van der Waals surface area contributed by atoms with E-state index in [9.17, 15) is 13.2 Å². The number of thiophene rings is 1. The molecule has 1 amide bonds. The molecule has 152 valence electrons. The van der Waals surface area contributed by atoms with Crippen LogP contribution in [0.15, 0.2) is 42.0 Å². The number of carbonyl (C=O) groups excluding carboxylic acids is 1. The van der Waals surface area contributed by atoms with Gasteiger partial charge < -0.3 is 10.2 Å². The summed E-state index contributed by atoms with van der Waals surface area (Å²) in [5.74, 6) is 0.328. The molecule has 1 aliphatic heterocycles. The first-order valence-corrected chi connectivity index (χ1v) is 11.8. The number of nitrogens with one attached hydrogen (secondary N) is 1. The number of benzene rings is 1. The van der Waals surface area contributed by atoms with Gasteiger partial charge in [-0.25, -0.2) is 23.5 Å². The van der Waals surface area contributed by atoms with E-state index in [2.05, 4.69) is 20.2 Å². The SMILES string of the molecule is NS(=O)(=O)Cc1cccc(NC(=O)C2CCCN(c3ncnc4sccc34)C2)c1. The van der Waals surface area contributed by atoms with Gasteiger partial charge in [0.25, 0.3) is 0 Å². The van der Waals surface area contributed by atoms with Gasteiger partial charge >= 0.3 is 0 Å². The fraction of sp³-hybridized carbons (Fsp3) is 0.316. The van der Waals surface area contributed by atoms with Crippen LogP contribution in [0.5, 0.6) is 0 Å². The van der Waals surface area contributed by atoms with Gasteiger partial charge in [0.15, 0.2) is 0 Å². The number of carbonyl (C=O) groups is 1. The minimum Gasteiger partial charge on any atom is -0.355 e. The molecule has 1 unspecified atom stereocenters. The van der Waals surface area contributed by atoms with Gasteiger partial charge in [0.1, 0.15) is 17.0 Å². The first-order chi connectivity index (χ1) is 13.9. The van der Waals surface area contributed by atoms with Gasteiger partial charge in [-0.2, -0.15) is 0 Å². The molecule has 3 heterocycles. The molecule has 4 rings (SSSR count). The van der Waals surface area contributed by atoms with Gasteiger partial charge in [0.05, 0.1) is 17.1 Å². The van der Waals surface area contributed by atoms with Gasteiger partial charge in [-0.15, -0.1) is 11.3 Å². The summed E-state index contributed by atoms with van der Waals surface area (Å²) < 4.78 is 22.6. The molecule has 0 aliphatic carbocycles. The summed E-state index contributed by atoms with van der Waals surface area (Å²) in [4.78, 5) is 24.7. The minimum absolute atomic E-state index is 0.0851. The Morgan fingerprint density at radius 1 is 1.31 bits per heavy atom. The minimum atomic E-state index is -3.62. The largest absolute Gasteiger partial charge is 0.355 e. The van der Waals surface area contributed by atoms with Crippen molar-refractivity contribution in [2.75, 3.05) is 23.3 Å². The highest BCUT2D eigenvalue weighted by atomic mass is 32.2. The van der Waals surface area contributed by atoms with E-state index in [1.165, 1.54) is 0 Å². The predicted octanol–water partition coefficient (Wildman–Crippen LogP) is 2.33. The molecule has 1 fully saturated rings. The maximum Gasteiger partial charge on any atom is 0.229 e. The third kappa shape index (κ3) is 4.72. The number of hydrogen-bond donors (Lipinski definition) is 2. The van der Waals surface area contributed by atoms with Crippen molar-refractivity contribution >= 4 is 49.0 Å². The average Bonchev–Trinajstić information content (AvgIpc) is 3.16. The lowest BCUT2D eigenvalue weighted by molar-refractivity contribution is -0.120. The van der Waals surface area contributed by atoms with Crippen LogP contribution in [0.3, 0.4) is 0 Å². The molecule has 0 spiro atoms. The first kappa shape index (κ1) is 19.7. The standard InChI is InChI=1S/C19H21N5O3S2/c20-29(26,27)11-13-3-1-5-15(9-13)23-18(25)14-4-2-7-24(10-14)17-16-6-8-28-19(16)22-12-21-17/h1,3,5-6,8-9,12,14H,2,4,7,10-11H2,(H,23,25)(H2,20,26,27). The molecule has 3 N–H and O–H groups in total. The maximum atomic E-state index is 12.8. The number of piperidine rings is 1. The van der Waals surface area contributed by atoms with Gasteiger partial charge in [-0.1, -0.05) is 12.1 Å². The van der Waals surface area contributed by atoms with Crippen LogP contribution < -0.4 is 15.4 Å². The molecular weight excluding hydrogens is 410 g/mol. The number of rotatable bonds is 5. The van der Waals surface area contributed by atoms with Crippen molar-refractivity contribution in [3.63, 3.8) is 0 Å². The molecule has 1 atom stereocenters. The van der Waals surface area contributed by atoms with E-state index in [-0.39, 0.29) is 17.6 Å². The van der Waals surface area contributed by atoms with Crippen LogP contribution in [-0.2, 0) is 20.6 Å². The Bertz CT molecular complexity index is 1150. The van der Waals surface area contributed by atoms with Crippen LogP contribution in [0.4, 0.5) is 11.5 Å². The Hall–Kier alpha value is -2.56. The molecule has 0 bridgehead atoms. The Labute approximate surface area is 172 Å². The Morgan fingerprint density at radius 3 is 3.00 bits per heavy atom. The van der Waals surface area contributed by atoms with Gasteiger partial charge in [-0.3, -0.25) is 4.79 Å². The smallest absolute Gasteiger partial charge is 0.229 e. The van der Waals surface area contributed by atoms with Crippen LogP contribution in [0.1, 0.15) is 18.4 Å². The highest BCUT2D eigenvalue weighted by molar-refractivity contribution is 7.88. The summed E-state index contributed by atoms with van der Waals surface area (Å²) in [6.45, 7) is 1.42. The maximum absolute atomic E-state index is 12.8. The van der Waals surface area contributed by atoms with Crippen molar-refractivity contribution in [1.29, 1.82) is 0 Å². The normalized spacial score (nSPS) is 17.4. The van der Waals surface area contributed by atoms with Gasteiger partial charge in [0.2, 0.25) is 15.9 Å². The summed E-state index contributed by atoms with van der Waals surface area (Å²) in [6, 6.07) is 8.77. The second-order valence-electron chi connectivity index (χ2n) is 7.12. The summed E-state index contributed by atoms with van der Waals surface area (Å²) in [7, 11) is -3.62. The van der Waals surface area contributed by atoms with Crippen LogP contribution in [0.25, 0.3) is 10.2 Å². The van der Waals surface area contributed by atoms with Crippen molar-refractivity contribution in [3.05, 3.63) is 47.6 Å². The number of nitrogens with zero attached hydrogens (tertiary/aromatic N) is 3. The summed E-state index contributed by atoms with van der Waals surface area (Å²) >= 11 is 1.57. The highest BCUT2D eigenvalue weighted by Gasteiger charge is 2.27. The van der Waals surface area contributed by atoms with E-state index in [0.717, 1.165) is 35.4 Å². The number of primary sulfonamides is 1. The number of nitrogens with two attached hydrogens (primary N) is 1. The van der Waals surface area contributed by atoms with E-state index in [1.807, 2.05) is 11.4 Å². The van der Waals surface area contributed by atoms with Crippen molar-refractivity contribution in [1.82, 2.24) is 9.97 Å². The summed E-state index contributed by atoms with van der Waals surface area (Å²) in [6.07, 6.45) is 3.24. The van der Waals surface area contributed by atoms with Crippen molar-refractivity contribution in [2.24, 2.45) is 11.1 Å². The molecule has 29 heavy (non-hydrogen) atoms. The second-order valence-corrected chi connectivity index (χ2v) is 9.63. The number of amides is 1. The third-order valence-electron chi connectivity index (χ3n) is 4.89. The van der Waals surface area contributed by atoms with E-state index in [0.29, 0.717) is 17.8 Å². The van der Waals surface area contributed by atoms with Gasteiger partial charge in [0, 0.05) is 18.8 Å². The predicted molar refractivity (Wildman–Crippen MR) is 114 cm³/mol. The first-order valence-electron chi connectivity index (χ1n) is 9.22. The molecule has 1 saturated heterocycles. The monoisotopic (exact) mass is 431 g/mol. The molecule has 2 aromatic heterocycles. The number of fused-ring (bicyclic) bond motifs is 1. The number of aromatic nitrogens is 2. The fourth-order valence-electron chi connectivity index (χ4n) is 3.63. The van der Waals surface area contributed by atoms with Crippen molar-refractivity contribution in [2.45, 2.75) is 18.6 Å². The lowest BCUT2D eigenvalue weighted by Crippen LogP contribution is -2.41. The lowest BCUT2D eigenvalue weighted by atomic mass is 9.96.